The van der Waals surface area contributed by atoms with Crippen LogP contribution in [0.3, 0.4) is 0 Å². The van der Waals surface area contributed by atoms with Gasteiger partial charge in [0, 0.05) is 7.11 Å². The van der Waals surface area contributed by atoms with Crippen LogP contribution in [-0.4, -0.2) is 44.1 Å². The Labute approximate surface area is 222 Å². The fourth-order valence-electron chi connectivity index (χ4n) is 5.02. The lowest BCUT2D eigenvalue weighted by molar-refractivity contribution is -0.114. The van der Waals surface area contributed by atoms with Crippen molar-refractivity contribution >= 4 is 57.8 Å². The van der Waals surface area contributed by atoms with Gasteiger partial charge in [0.15, 0.2) is 0 Å². The van der Waals surface area contributed by atoms with Gasteiger partial charge in [-0.25, -0.2) is 0 Å². The highest BCUT2D eigenvalue weighted by atomic mass is 16.7. The summed E-state index contributed by atoms with van der Waals surface area (Å²) in [7, 11) is 1.79. The van der Waals surface area contributed by atoms with Gasteiger partial charge in [-0.3, -0.25) is 0 Å². The third-order valence-electron chi connectivity index (χ3n) is 9.06. The second-order valence-electron chi connectivity index (χ2n) is 12.3. The normalized spacial score (nSPS) is 17.7. The van der Waals surface area contributed by atoms with Gasteiger partial charge in [0.05, 0.1) is 22.4 Å². The lowest BCUT2D eigenvalue weighted by Gasteiger charge is -2.40. The second kappa shape index (κ2) is 8.84. The fourth-order valence-corrected chi connectivity index (χ4v) is 5.02. The summed E-state index contributed by atoms with van der Waals surface area (Å²) in [6.07, 6.45) is 0. The molecule has 6 heteroatoms. The van der Waals surface area contributed by atoms with Crippen LogP contribution >= 0.6 is 0 Å². The zero-order chi connectivity index (χ0) is 26.8. The van der Waals surface area contributed by atoms with Crippen molar-refractivity contribution in [2.24, 2.45) is 0 Å². The maximum absolute atomic E-state index is 6.53. The number of fused-ring (bicyclic) bond motifs is 5. The summed E-state index contributed by atoms with van der Waals surface area (Å²) in [6.45, 7) is 16.7. The van der Waals surface area contributed by atoms with Crippen LogP contribution in [0.25, 0.3) is 32.3 Å². The molecule has 1 heterocycles. The number of benzene rings is 4. The van der Waals surface area contributed by atoms with Gasteiger partial charge in [-0.15, -0.1) is 0 Å². The quantitative estimate of drug-likeness (QED) is 0.256. The fraction of sp³-hybridized carbons (Fsp3) is 0.419. The Bertz CT molecular complexity index is 1470. The first kappa shape index (κ1) is 26.2. The highest BCUT2D eigenvalue weighted by Gasteiger charge is 2.52. The zero-order valence-corrected chi connectivity index (χ0v) is 23.7. The van der Waals surface area contributed by atoms with E-state index in [0.717, 1.165) is 16.3 Å². The minimum atomic E-state index is -0.472. The average molecular weight is 496 g/mol. The molecule has 1 saturated heterocycles. The Morgan fingerprint density at radius 2 is 1.16 bits per heavy atom. The van der Waals surface area contributed by atoms with Crippen LogP contribution in [0.4, 0.5) is 0 Å². The Morgan fingerprint density at radius 1 is 0.676 bits per heavy atom. The lowest BCUT2D eigenvalue weighted by atomic mass is 9.73. The molecule has 37 heavy (non-hydrogen) atoms. The van der Waals surface area contributed by atoms with E-state index in [1.54, 1.807) is 7.11 Å². The van der Waals surface area contributed by atoms with E-state index in [-0.39, 0.29) is 0 Å². The smallest absolute Gasteiger partial charge is 0.427 e. The van der Waals surface area contributed by atoms with E-state index in [4.69, 9.17) is 18.7 Å². The predicted molar refractivity (Wildman–Crippen MR) is 158 cm³/mol. The zero-order valence-electron chi connectivity index (χ0n) is 23.7. The molecule has 0 N–H and O–H groups in total. The van der Waals surface area contributed by atoms with Gasteiger partial charge in [-0.05, 0) is 98.6 Å². The SMILES string of the molecule is COC(C)(C)C(C)(C)OBc1cc2c3ccccc3c(B3OC(C)(C)C(C)(C)O3)cc2c2ccccc12. The molecule has 0 spiro atoms. The van der Waals surface area contributed by atoms with Gasteiger partial charge in [-0.2, -0.15) is 0 Å². The van der Waals surface area contributed by atoms with Crippen LogP contribution in [0.2, 0.25) is 0 Å². The minimum absolute atomic E-state index is 0.403. The Hall–Kier alpha value is -2.37. The molecule has 4 nitrogen and oxygen atoms in total. The summed E-state index contributed by atoms with van der Waals surface area (Å²) >= 11 is 0. The van der Waals surface area contributed by atoms with E-state index in [2.05, 4.69) is 116 Å². The molecule has 1 fully saturated rings. The maximum Gasteiger partial charge on any atom is 0.495 e. The Morgan fingerprint density at radius 3 is 1.73 bits per heavy atom. The van der Waals surface area contributed by atoms with E-state index in [1.165, 1.54) is 26.9 Å². The van der Waals surface area contributed by atoms with Crippen molar-refractivity contribution < 1.29 is 18.7 Å². The van der Waals surface area contributed by atoms with Crippen molar-refractivity contribution in [3.05, 3.63) is 60.7 Å². The Balaban J connectivity index is 1.70. The van der Waals surface area contributed by atoms with Crippen molar-refractivity contribution in [1.29, 1.82) is 0 Å². The van der Waals surface area contributed by atoms with Crippen molar-refractivity contribution in [3.8, 4) is 0 Å². The molecular formula is C31H38B2O4. The Kier molecular flexibility index (Phi) is 6.27. The van der Waals surface area contributed by atoms with Crippen molar-refractivity contribution in [2.75, 3.05) is 7.11 Å². The summed E-state index contributed by atoms with van der Waals surface area (Å²) in [5, 5.41) is 7.13. The first-order valence-electron chi connectivity index (χ1n) is 13.2. The maximum atomic E-state index is 6.53. The van der Waals surface area contributed by atoms with Gasteiger partial charge in [0.1, 0.15) is 0 Å². The van der Waals surface area contributed by atoms with Crippen LogP contribution in [-0.2, 0) is 18.7 Å². The number of hydrogen-bond acceptors (Lipinski definition) is 4. The molecule has 0 unspecified atom stereocenters. The van der Waals surface area contributed by atoms with Crippen LogP contribution in [0.1, 0.15) is 55.4 Å². The molecule has 0 radical (unpaired) electrons. The highest BCUT2D eigenvalue weighted by Crippen LogP contribution is 2.38. The lowest BCUT2D eigenvalue weighted by Crippen LogP contribution is -2.50. The van der Waals surface area contributed by atoms with E-state index in [9.17, 15) is 0 Å². The van der Waals surface area contributed by atoms with E-state index in [0.29, 0.717) is 7.48 Å². The third kappa shape index (κ3) is 4.28. The molecule has 0 amide bonds. The standard InChI is InChI=1S/C31H38B2O4/c1-28(2,34-9)29(3,4)35-32-26-18-24-21-15-11-13-17-23(21)27(33-36-30(5,6)31(7,8)37-33)19-25(24)20-14-10-12-16-22(20)26/h10-19,32H,1-9H3. The van der Waals surface area contributed by atoms with Gasteiger partial charge >= 0.3 is 14.6 Å². The molecule has 0 aromatic heterocycles. The molecule has 0 aliphatic carbocycles. The molecule has 4 aromatic carbocycles. The molecule has 4 aromatic rings. The van der Waals surface area contributed by atoms with Crippen LogP contribution in [0.15, 0.2) is 60.7 Å². The molecule has 0 atom stereocenters. The topological polar surface area (TPSA) is 36.9 Å². The molecule has 5 rings (SSSR count). The number of methoxy groups -OCH3 is 1. The van der Waals surface area contributed by atoms with Gasteiger partial charge in [0.2, 0.25) is 0 Å². The summed E-state index contributed by atoms with van der Waals surface area (Å²) in [5.41, 5.74) is 0.528. The van der Waals surface area contributed by atoms with E-state index in [1.807, 2.05) is 0 Å². The van der Waals surface area contributed by atoms with Gasteiger partial charge in [0.25, 0.3) is 0 Å². The molecular weight excluding hydrogens is 458 g/mol. The van der Waals surface area contributed by atoms with E-state index < -0.39 is 29.5 Å². The van der Waals surface area contributed by atoms with Crippen molar-refractivity contribution in [2.45, 2.75) is 77.8 Å². The minimum Gasteiger partial charge on any atom is -0.427 e. The molecule has 1 aliphatic heterocycles. The first-order chi connectivity index (χ1) is 17.3. The van der Waals surface area contributed by atoms with Gasteiger partial charge in [-0.1, -0.05) is 60.7 Å². The van der Waals surface area contributed by atoms with Crippen molar-refractivity contribution in [1.82, 2.24) is 0 Å². The molecule has 0 saturated carbocycles. The van der Waals surface area contributed by atoms with Crippen LogP contribution in [0.5, 0.6) is 0 Å². The third-order valence-corrected chi connectivity index (χ3v) is 9.06. The molecule has 192 valence electrons. The monoisotopic (exact) mass is 496 g/mol. The largest absolute Gasteiger partial charge is 0.495 e. The first-order valence-corrected chi connectivity index (χ1v) is 13.2. The highest BCUT2D eigenvalue weighted by molar-refractivity contribution is 6.66. The predicted octanol–water partition coefficient (Wildman–Crippen LogP) is 5.64. The second-order valence-corrected chi connectivity index (χ2v) is 12.3. The van der Waals surface area contributed by atoms with Crippen LogP contribution in [0, 0.1) is 0 Å². The number of rotatable bonds is 6. The van der Waals surface area contributed by atoms with E-state index >= 15 is 0 Å². The molecule has 0 bridgehead atoms. The van der Waals surface area contributed by atoms with Crippen LogP contribution < -0.4 is 10.9 Å². The number of hydrogen-bond donors (Lipinski definition) is 0. The summed E-state index contributed by atoms with van der Waals surface area (Å²) < 4.78 is 25.3. The van der Waals surface area contributed by atoms with Crippen molar-refractivity contribution in [3.63, 3.8) is 0 Å². The summed E-state index contributed by atoms with van der Waals surface area (Å²) in [6, 6.07) is 21.7. The summed E-state index contributed by atoms with van der Waals surface area (Å²) in [5.74, 6) is 0. The summed E-state index contributed by atoms with van der Waals surface area (Å²) in [4.78, 5) is 0. The average Bonchev–Trinajstić information content (AvgIpc) is 3.08. The number of ether oxygens (including phenoxy) is 1. The van der Waals surface area contributed by atoms with Gasteiger partial charge < -0.3 is 18.7 Å². The molecule has 1 aliphatic rings.